The molecule has 0 bridgehead atoms. The van der Waals surface area contributed by atoms with Crippen molar-refractivity contribution in [1.82, 2.24) is 50.9 Å². The lowest BCUT2D eigenvalue weighted by Crippen LogP contribution is -2.62. The van der Waals surface area contributed by atoms with Gasteiger partial charge >= 0.3 is 0 Å². The topological polar surface area (TPSA) is 112 Å². The van der Waals surface area contributed by atoms with Crippen LogP contribution in [0.5, 0.6) is 0 Å². The van der Waals surface area contributed by atoms with Gasteiger partial charge in [-0.25, -0.2) is 0 Å². The molecule has 5 aliphatic rings. The van der Waals surface area contributed by atoms with E-state index in [1.165, 1.54) is 148 Å². The van der Waals surface area contributed by atoms with Gasteiger partial charge in [0.2, 0.25) is 11.9 Å². The summed E-state index contributed by atoms with van der Waals surface area (Å²) in [6.07, 6.45) is 27.6. The first-order chi connectivity index (χ1) is 34.7. The number of nitrogens with one attached hydrogen (secondary N) is 5. The summed E-state index contributed by atoms with van der Waals surface area (Å²) in [6, 6.07) is 2.95. The van der Waals surface area contributed by atoms with Gasteiger partial charge in [0.25, 0.3) is 0 Å². The van der Waals surface area contributed by atoms with Crippen molar-refractivity contribution >= 4 is 11.9 Å². The van der Waals surface area contributed by atoms with Crippen LogP contribution in [0.3, 0.4) is 0 Å². The third-order valence-corrected chi connectivity index (χ3v) is 17.7. The van der Waals surface area contributed by atoms with Crippen LogP contribution in [0.2, 0.25) is 0 Å². The highest BCUT2D eigenvalue weighted by Gasteiger charge is 2.43. The third-order valence-electron chi connectivity index (χ3n) is 17.7. The second-order valence-corrected chi connectivity index (χ2v) is 30.8. The molecule has 0 amide bonds. The minimum Gasteiger partial charge on any atom is -0.351 e. The molecular formula is C65H134N12. The number of unbranched alkanes of at least 4 members (excludes halogenated alkanes) is 6. The van der Waals surface area contributed by atoms with Gasteiger partial charge in [-0.1, -0.05) is 66.7 Å². The Hall–Kier alpha value is -1.67. The standard InChI is InChI=1S/C35H66N8.C28H58N4.2CH4.H2/c1-26-36-30(38-27-18-14-13-15-19-27)39-31(37-26)43(29-24-34(6,7)41-35(8,9)25-29)21-17-12-11-16-20-42(10)28-22-32(2,3)40-33(4,5)23-28;1-11-16-32(24-21-27(6,7)30-28(8,9)22-24)18-15-13-12-14-17-31(10)23-19-25(2,3)29-26(4,5)20-23;;;/h27-29,40-41H,11-25H2,1-10H3,(H,36,37,38,39);23-24,29-30H,11-22H2,1-10H3;2*1H4;1H. The Morgan fingerprint density at radius 2 is 0.792 bits per heavy atom. The van der Waals surface area contributed by atoms with Crippen LogP contribution in [0.4, 0.5) is 11.9 Å². The summed E-state index contributed by atoms with van der Waals surface area (Å²) in [5.41, 5.74) is 1.47. The van der Waals surface area contributed by atoms with Crippen LogP contribution < -0.4 is 31.5 Å². The van der Waals surface area contributed by atoms with Gasteiger partial charge in [0, 0.05) is 82.5 Å². The number of rotatable bonds is 23. The fourth-order valence-electron chi connectivity index (χ4n) is 15.9. The Balaban J connectivity index is 0.000000535. The van der Waals surface area contributed by atoms with Gasteiger partial charge in [-0.15, -0.1) is 0 Å². The molecule has 1 aliphatic carbocycles. The molecule has 5 fully saturated rings. The van der Waals surface area contributed by atoms with Crippen molar-refractivity contribution in [2.24, 2.45) is 0 Å². The number of piperidine rings is 4. The van der Waals surface area contributed by atoms with Gasteiger partial charge in [-0.2, -0.15) is 15.0 Å². The Bertz CT molecular complexity index is 1790. The molecule has 1 aromatic rings. The van der Waals surface area contributed by atoms with Crippen molar-refractivity contribution in [3.63, 3.8) is 0 Å². The zero-order valence-corrected chi connectivity index (χ0v) is 53.1. The van der Waals surface area contributed by atoms with E-state index < -0.39 is 0 Å². The van der Waals surface area contributed by atoms with Crippen LogP contribution in [0.25, 0.3) is 0 Å². The quantitative estimate of drug-likeness (QED) is 0.0673. The molecule has 0 aromatic carbocycles. The molecule has 5 N–H and O–H groups in total. The second kappa shape index (κ2) is 29.0. The predicted molar refractivity (Wildman–Crippen MR) is 339 cm³/mol. The zero-order valence-electron chi connectivity index (χ0n) is 53.1. The maximum Gasteiger partial charge on any atom is 0.230 e. The van der Waals surface area contributed by atoms with E-state index in [1.807, 2.05) is 6.92 Å². The summed E-state index contributed by atoms with van der Waals surface area (Å²) in [4.78, 5) is 25.4. The Morgan fingerprint density at radius 1 is 0.442 bits per heavy atom. The molecule has 5 heterocycles. The lowest BCUT2D eigenvalue weighted by Gasteiger charge is -2.50. The van der Waals surface area contributed by atoms with Crippen molar-refractivity contribution in [2.75, 3.05) is 57.0 Å². The van der Waals surface area contributed by atoms with Gasteiger partial charge in [0.1, 0.15) is 5.82 Å². The van der Waals surface area contributed by atoms with E-state index in [-0.39, 0.29) is 60.6 Å². The number of anilines is 2. The van der Waals surface area contributed by atoms with Crippen LogP contribution in [-0.2, 0) is 0 Å². The maximum atomic E-state index is 5.07. The first kappa shape index (κ1) is 69.6. The van der Waals surface area contributed by atoms with E-state index in [1.54, 1.807) is 0 Å². The summed E-state index contributed by atoms with van der Waals surface area (Å²) in [6.45, 7) is 48.1. The predicted octanol–water partition coefficient (Wildman–Crippen LogP) is 14.2. The molecule has 4 saturated heterocycles. The molecular weight excluding hydrogens is 949 g/mol. The van der Waals surface area contributed by atoms with E-state index in [9.17, 15) is 0 Å². The highest BCUT2D eigenvalue weighted by Crippen LogP contribution is 2.36. The molecule has 12 nitrogen and oxygen atoms in total. The van der Waals surface area contributed by atoms with Gasteiger partial charge in [-0.3, -0.25) is 0 Å². The normalized spacial score (nSPS) is 24.1. The van der Waals surface area contributed by atoms with Crippen molar-refractivity contribution in [3.8, 4) is 0 Å². The molecule has 1 aromatic heterocycles. The van der Waals surface area contributed by atoms with E-state index in [2.05, 4.69) is 178 Å². The summed E-state index contributed by atoms with van der Waals surface area (Å²) >= 11 is 0. The number of aromatic nitrogens is 3. The van der Waals surface area contributed by atoms with Crippen LogP contribution in [-0.4, -0.2) is 151 Å². The number of nitrogens with zero attached hydrogens (tertiary/aromatic N) is 7. The molecule has 77 heavy (non-hydrogen) atoms. The first-order valence-electron chi connectivity index (χ1n) is 31.2. The molecule has 454 valence electrons. The SMILES string of the molecule is C.C.CCCN(CCCCCCN(C)C1CC(C)(C)NC(C)(C)C1)C1CC(C)(C)NC(C)(C)C1.Cc1nc(NC2CCCCC2)nc(N(CCCCCCN(C)C2CC(C)(C)NC(C)(C)C2)C2CC(C)(C)NC(C)(C)C2)n1.[HH]. The Morgan fingerprint density at radius 3 is 1.18 bits per heavy atom. The van der Waals surface area contributed by atoms with Crippen LogP contribution >= 0.6 is 0 Å². The highest BCUT2D eigenvalue weighted by molar-refractivity contribution is 5.39. The monoisotopic (exact) mass is 1080 g/mol. The van der Waals surface area contributed by atoms with Crippen molar-refractivity contribution in [1.29, 1.82) is 0 Å². The molecule has 0 spiro atoms. The van der Waals surface area contributed by atoms with Gasteiger partial charge in [-0.05, 0) is 254 Å². The van der Waals surface area contributed by atoms with Crippen LogP contribution in [0.15, 0.2) is 0 Å². The Kier molecular flexibility index (Phi) is 26.2. The zero-order chi connectivity index (χ0) is 55.7. The van der Waals surface area contributed by atoms with E-state index >= 15 is 0 Å². The number of aryl methyl sites for hydroxylation is 1. The smallest absolute Gasteiger partial charge is 0.230 e. The lowest BCUT2D eigenvalue weighted by molar-refractivity contribution is 0.0644. The molecule has 6 rings (SSSR count). The van der Waals surface area contributed by atoms with Crippen LogP contribution in [0.1, 0.15) is 281 Å². The molecule has 1 saturated carbocycles. The lowest BCUT2D eigenvalue weighted by atomic mass is 9.79. The Labute approximate surface area is 480 Å². The fraction of sp³-hybridized carbons (Fsp3) is 0.954. The summed E-state index contributed by atoms with van der Waals surface area (Å²) in [7, 11) is 4.69. The summed E-state index contributed by atoms with van der Waals surface area (Å²) in [5, 5.41) is 19.1. The molecule has 0 radical (unpaired) electrons. The number of hydrogen-bond donors (Lipinski definition) is 5. The summed E-state index contributed by atoms with van der Waals surface area (Å²) < 4.78 is 0. The van der Waals surface area contributed by atoms with Crippen molar-refractivity contribution < 1.29 is 1.43 Å². The average molecular weight is 1080 g/mol. The average Bonchev–Trinajstić information content (AvgIpc) is 3.22. The van der Waals surface area contributed by atoms with Crippen molar-refractivity contribution in [2.45, 2.75) is 355 Å². The van der Waals surface area contributed by atoms with Crippen molar-refractivity contribution in [3.05, 3.63) is 5.82 Å². The summed E-state index contributed by atoms with van der Waals surface area (Å²) in [5.74, 6) is 2.44. The molecule has 4 aliphatic heterocycles. The van der Waals surface area contributed by atoms with E-state index in [0.29, 0.717) is 24.2 Å². The number of hydrogen-bond acceptors (Lipinski definition) is 12. The minimum atomic E-state index is 0. The molecule has 12 heteroatoms. The minimum absolute atomic E-state index is 0. The van der Waals surface area contributed by atoms with Gasteiger partial charge in [0.05, 0.1) is 0 Å². The largest absolute Gasteiger partial charge is 0.351 e. The third kappa shape index (κ3) is 24.0. The van der Waals surface area contributed by atoms with E-state index in [0.717, 1.165) is 49.6 Å². The maximum absolute atomic E-state index is 5.07. The van der Waals surface area contributed by atoms with E-state index in [4.69, 9.17) is 15.0 Å². The van der Waals surface area contributed by atoms with Gasteiger partial charge in [0.15, 0.2) is 0 Å². The van der Waals surface area contributed by atoms with Gasteiger partial charge < -0.3 is 46.2 Å². The second-order valence-electron chi connectivity index (χ2n) is 30.8. The first-order valence-corrected chi connectivity index (χ1v) is 31.2. The molecule has 0 atom stereocenters. The fourth-order valence-corrected chi connectivity index (χ4v) is 15.9. The molecule has 0 unspecified atom stereocenters. The highest BCUT2D eigenvalue weighted by atomic mass is 15.3. The van der Waals surface area contributed by atoms with Crippen LogP contribution in [0, 0.1) is 6.92 Å².